The molecule has 1 aromatic carbocycles. The minimum Gasteiger partial charge on any atom is -0.497 e. The van der Waals surface area contributed by atoms with E-state index in [1.165, 1.54) is 0 Å². The van der Waals surface area contributed by atoms with Crippen molar-refractivity contribution in [1.82, 2.24) is 5.32 Å². The quantitative estimate of drug-likeness (QED) is 0.908. The van der Waals surface area contributed by atoms with E-state index >= 15 is 0 Å². The van der Waals surface area contributed by atoms with Crippen molar-refractivity contribution in [2.75, 3.05) is 20.2 Å². The number of ketones is 1. The summed E-state index contributed by atoms with van der Waals surface area (Å²) in [4.78, 5) is 17.0. The minimum absolute atomic E-state index is 0.0137. The van der Waals surface area contributed by atoms with E-state index in [1.807, 2.05) is 18.2 Å². The van der Waals surface area contributed by atoms with E-state index in [0.717, 1.165) is 54.4 Å². The fraction of sp³-hybridized carbons (Fsp3) is 0.467. The monoisotopic (exact) mass is 290 g/mol. The molecule has 1 aliphatic heterocycles. The zero-order valence-electron chi connectivity index (χ0n) is 11.5. The number of nitrogens with one attached hydrogen (secondary N) is 1. The Morgan fingerprint density at radius 2 is 2.35 bits per heavy atom. The average Bonchev–Trinajstić information content (AvgIpc) is 2.51. The van der Waals surface area contributed by atoms with E-state index in [0.29, 0.717) is 0 Å². The lowest BCUT2D eigenvalue weighted by atomic mass is 9.90. The molecular weight excluding hydrogens is 272 g/mol. The van der Waals surface area contributed by atoms with Crippen molar-refractivity contribution < 1.29 is 9.53 Å². The largest absolute Gasteiger partial charge is 0.497 e. The van der Waals surface area contributed by atoms with Crippen molar-refractivity contribution in [3.63, 3.8) is 0 Å². The van der Waals surface area contributed by atoms with Gasteiger partial charge in [-0.3, -0.25) is 9.79 Å². The van der Waals surface area contributed by atoms with Crippen LogP contribution in [0.1, 0.15) is 28.8 Å². The van der Waals surface area contributed by atoms with Gasteiger partial charge in [0.15, 0.2) is 11.0 Å². The minimum atomic E-state index is -0.0137. The maximum Gasteiger partial charge on any atom is 0.176 e. The Morgan fingerprint density at radius 3 is 3.10 bits per heavy atom. The number of carbonyl (C=O) groups excluding carboxylic acids is 1. The lowest BCUT2D eigenvalue weighted by molar-refractivity contribution is 0.0979. The molecule has 1 aliphatic carbocycles. The summed E-state index contributed by atoms with van der Waals surface area (Å²) in [5, 5.41) is 4.18. The van der Waals surface area contributed by atoms with Crippen LogP contribution in [0.2, 0.25) is 0 Å². The molecule has 1 atom stereocenters. The molecule has 0 aromatic heterocycles. The summed E-state index contributed by atoms with van der Waals surface area (Å²) in [7, 11) is 1.65. The Labute approximate surface area is 123 Å². The van der Waals surface area contributed by atoms with Gasteiger partial charge in [-0.05, 0) is 43.0 Å². The second kappa shape index (κ2) is 5.87. The molecule has 4 nitrogen and oxygen atoms in total. The number of fused-ring (bicyclic) bond motifs is 1. The van der Waals surface area contributed by atoms with Crippen LogP contribution in [0.25, 0.3) is 0 Å². The second-order valence-corrected chi connectivity index (χ2v) is 6.19. The van der Waals surface area contributed by atoms with Crippen LogP contribution >= 0.6 is 11.8 Å². The zero-order valence-corrected chi connectivity index (χ0v) is 12.3. The van der Waals surface area contributed by atoms with Crippen molar-refractivity contribution in [2.45, 2.75) is 24.5 Å². The maximum atomic E-state index is 12.5. The van der Waals surface area contributed by atoms with Crippen molar-refractivity contribution >= 4 is 22.7 Å². The summed E-state index contributed by atoms with van der Waals surface area (Å²) in [6.45, 7) is 1.82. The first kappa shape index (κ1) is 13.5. The van der Waals surface area contributed by atoms with E-state index in [4.69, 9.17) is 4.74 Å². The number of amidine groups is 1. The van der Waals surface area contributed by atoms with E-state index < -0.39 is 0 Å². The van der Waals surface area contributed by atoms with Crippen LogP contribution in [0.5, 0.6) is 5.75 Å². The molecule has 0 spiro atoms. The van der Waals surface area contributed by atoms with Gasteiger partial charge in [0.05, 0.1) is 12.4 Å². The lowest BCUT2D eigenvalue weighted by Crippen LogP contribution is -2.32. The normalized spacial score (nSPS) is 21.8. The van der Waals surface area contributed by atoms with Gasteiger partial charge in [0.2, 0.25) is 0 Å². The van der Waals surface area contributed by atoms with E-state index in [-0.39, 0.29) is 11.0 Å². The van der Waals surface area contributed by atoms with E-state index in [9.17, 15) is 4.79 Å². The Balaban J connectivity index is 1.77. The molecule has 2 aliphatic rings. The molecule has 0 bridgehead atoms. The first-order valence-electron chi connectivity index (χ1n) is 6.94. The van der Waals surface area contributed by atoms with Gasteiger partial charge in [-0.1, -0.05) is 11.8 Å². The number of carbonyl (C=O) groups is 1. The molecule has 1 heterocycles. The fourth-order valence-electron chi connectivity index (χ4n) is 2.57. The molecule has 0 fully saturated rings. The van der Waals surface area contributed by atoms with E-state index in [2.05, 4.69) is 10.3 Å². The topological polar surface area (TPSA) is 50.7 Å². The van der Waals surface area contributed by atoms with Crippen molar-refractivity contribution in [3.05, 3.63) is 29.3 Å². The Bertz CT molecular complexity index is 557. The van der Waals surface area contributed by atoms with Crippen LogP contribution in [-0.2, 0) is 6.42 Å². The molecular formula is C15H18N2O2S. The highest BCUT2D eigenvalue weighted by atomic mass is 32.2. The highest BCUT2D eigenvalue weighted by molar-refractivity contribution is 8.14. The molecule has 0 amide bonds. The molecule has 20 heavy (non-hydrogen) atoms. The van der Waals surface area contributed by atoms with Gasteiger partial charge >= 0.3 is 0 Å². The molecule has 0 radical (unpaired) electrons. The molecule has 1 unspecified atom stereocenters. The molecule has 1 N–H and O–H groups in total. The predicted molar refractivity (Wildman–Crippen MR) is 81.9 cm³/mol. The number of rotatable bonds is 2. The van der Waals surface area contributed by atoms with Gasteiger partial charge < -0.3 is 10.1 Å². The number of methoxy groups -OCH3 is 1. The smallest absolute Gasteiger partial charge is 0.176 e. The first-order valence-corrected chi connectivity index (χ1v) is 7.82. The summed E-state index contributed by atoms with van der Waals surface area (Å²) in [6.07, 6.45) is 2.86. The Morgan fingerprint density at radius 1 is 1.45 bits per heavy atom. The van der Waals surface area contributed by atoms with Crippen molar-refractivity contribution in [2.24, 2.45) is 4.99 Å². The Kier molecular flexibility index (Phi) is 3.96. The SMILES string of the molecule is COc1ccc2c(c1)CCC(SC1=NCCCN1)C2=O. The number of nitrogens with zero attached hydrogens (tertiary/aromatic N) is 1. The summed E-state index contributed by atoms with van der Waals surface area (Å²) >= 11 is 1.58. The molecule has 0 saturated heterocycles. The van der Waals surface area contributed by atoms with Crippen LogP contribution in [0.3, 0.4) is 0 Å². The number of ether oxygens (including phenoxy) is 1. The van der Waals surface area contributed by atoms with Gasteiger partial charge in [-0.15, -0.1) is 0 Å². The summed E-state index contributed by atoms with van der Waals surface area (Å²) in [5.74, 6) is 1.04. The average molecular weight is 290 g/mol. The van der Waals surface area contributed by atoms with Crippen molar-refractivity contribution in [1.29, 1.82) is 0 Å². The summed E-state index contributed by atoms with van der Waals surface area (Å²) in [5.41, 5.74) is 1.94. The molecule has 1 aromatic rings. The van der Waals surface area contributed by atoms with Crippen LogP contribution in [0.15, 0.2) is 23.2 Å². The number of hydrogen-bond donors (Lipinski definition) is 1. The van der Waals surface area contributed by atoms with Crippen molar-refractivity contribution in [3.8, 4) is 5.75 Å². The molecule has 5 heteroatoms. The van der Waals surface area contributed by atoms with Crippen LogP contribution < -0.4 is 10.1 Å². The lowest BCUT2D eigenvalue weighted by Gasteiger charge is -2.24. The van der Waals surface area contributed by atoms with Gasteiger partial charge in [-0.2, -0.15) is 0 Å². The van der Waals surface area contributed by atoms with Gasteiger partial charge in [0.1, 0.15) is 5.75 Å². The van der Waals surface area contributed by atoms with Crippen LogP contribution in [0.4, 0.5) is 0 Å². The predicted octanol–water partition coefficient (Wildman–Crippen LogP) is 2.28. The summed E-state index contributed by atoms with van der Waals surface area (Å²) in [6, 6.07) is 5.73. The highest BCUT2D eigenvalue weighted by Gasteiger charge is 2.29. The molecule has 106 valence electrons. The molecule has 0 saturated carbocycles. The third-order valence-corrected chi connectivity index (χ3v) is 4.90. The second-order valence-electron chi connectivity index (χ2n) is 5.00. The third-order valence-electron chi connectivity index (χ3n) is 3.67. The summed E-state index contributed by atoms with van der Waals surface area (Å²) < 4.78 is 5.22. The number of thioether (sulfide) groups is 1. The third kappa shape index (κ3) is 2.68. The first-order chi connectivity index (χ1) is 9.78. The number of Topliss-reactive ketones (excluding diaryl/α,β-unsaturated/α-hetero) is 1. The van der Waals surface area contributed by atoms with E-state index in [1.54, 1.807) is 18.9 Å². The van der Waals surface area contributed by atoms with Crippen LogP contribution in [0, 0.1) is 0 Å². The highest BCUT2D eigenvalue weighted by Crippen LogP contribution is 2.31. The Hall–Kier alpha value is -1.49. The molecule has 3 rings (SSSR count). The van der Waals surface area contributed by atoms with Gasteiger partial charge in [0, 0.05) is 18.7 Å². The number of hydrogen-bond acceptors (Lipinski definition) is 5. The standard InChI is InChI=1S/C15H18N2O2S/c1-19-11-4-5-12-10(9-11)3-6-13(14(12)18)20-15-16-7-2-8-17-15/h4-5,9,13H,2-3,6-8H2,1H3,(H,16,17). The maximum absolute atomic E-state index is 12.5. The van der Waals surface area contributed by atoms with Gasteiger partial charge in [-0.25, -0.2) is 0 Å². The number of aliphatic imine (C=N–C) groups is 1. The number of benzene rings is 1. The number of aryl methyl sites for hydroxylation is 1. The van der Waals surface area contributed by atoms with Gasteiger partial charge in [0.25, 0.3) is 0 Å². The zero-order chi connectivity index (χ0) is 13.9. The van der Waals surface area contributed by atoms with Crippen LogP contribution in [-0.4, -0.2) is 36.4 Å². The fourth-order valence-corrected chi connectivity index (χ4v) is 3.66.